The molecule has 8 heteroatoms. The number of halogens is 2. The molecule has 0 unspecified atom stereocenters. The van der Waals surface area contributed by atoms with Crippen LogP contribution in [0.3, 0.4) is 0 Å². The second kappa shape index (κ2) is 9.71. The van der Waals surface area contributed by atoms with E-state index in [9.17, 15) is 8.78 Å². The topological polar surface area (TPSA) is 67.1 Å². The summed E-state index contributed by atoms with van der Waals surface area (Å²) in [5, 5.41) is 14.3. The standard InChI is InChI=1S/C17H24F2N6/c1-3-16-24-23-12-25(16)10-9-22-17(20-4-2)21-8-7-13-11-14(18)5-6-15(13)19/h5-6,11-12H,3-4,7-10H2,1-2H3,(H2,20,21,22). The number of nitrogens with zero attached hydrogens (tertiary/aromatic N) is 4. The molecule has 0 saturated heterocycles. The van der Waals surface area contributed by atoms with Crippen molar-refractivity contribution in [2.24, 2.45) is 4.99 Å². The monoisotopic (exact) mass is 350 g/mol. The minimum absolute atomic E-state index is 0.330. The van der Waals surface area contributed by atoms with Crippen LogP contribution in [-0.2, 0) is 19.4 Å². The van der Waals surface area contributed by atoms with Crippen molar-refractivity contribution in [1.29, 1.82) is 0 Å². The van der Waals surface area contributed by atoms with Crippen molar-refractivity contribution in [2.75, 3.05) is 19.6 Å². The van der Waals surface area contributed by atoms with Crippen LogP contribution in [0.15, 0.2) is 29.5 Å². The summed E-state index contributed by atoms with van der Waals surface area (Å²) in [5.41, 5.74) is 0.330. The van der Waals surface area contributed by atoms with E-state index in [2.05, 4.69) is 25.8 Å². The second-order valence-corrected chi connectivity index (χ2v) is 5.47. The number of aliphatic imine (C=N–C) groups is 1. The van der Waals surface area contributed by atoms with Gasteiger partial charge in [0.05, 0.1) is 0 Å². The van der Waals surface area contributed by atoms with Crippen LogP contribution in [0.4, 0.5) is 8.78 Å². The molecule has 0 spiro atoms. The van der Waals surface area contributed by atoms with Gasteiger partial charge in [0.2, 0.25) is 0 Å². The average Bonchev–Trinajstić information content (AvgIpc) is 3.05. The molecule has 0 saturated carbocycles. The zero-order chi connectivity index (χ0) is 18.1. The molecule has 1 heterocycles. The van der Waals surface area contributed by atoms with Gasteiger partial charge in [-0.3, -0.25) is 4.99 Å². The van der Waals surface area contributed by atoms with Crippen molar-refractivity contribution in [2.45, 2.75) is 33.2 Å². The van der Waals surface area contributed by atoms with Gasteiger partial charge in [0, 0.05) is 32.6 Å². The Morgan fingerprint density at radius 3 is 2.84 bits per heavy atom. The third kappa shape index (κ3) is 5.81. The number of hydrogen-bond acceptors (Lipinski definition) is 3. The average molecular weight is 350 g/mol. The maximum Gasteiger partial charge on any atom is 0.191 e. The Balaban J connectivity index is 1.86. The fourth-order valence-electron chi connectivity index (χ4n) is 2.40. The van der Waals surface area contributed by atoms with Gasteiger partial charge in [0.25, 0.3) is 0 Å². The quantitative estimate of drug-likeness (QED) is 0.564. The van der Waals surface area contributed by atoms with Crippen LogP contribution in [0.25, 0.3) is 0 Å². The van der Waals surface area contributed by atoms with Crippen molar-refractivity contribution < 1.29 is 8.78 Å². The highest BCUT2D eigenvalue weighted by molar-refractivity contribution is 5.79. The Morgan fingerprint density at radius 2 is 2.08 bits per heavy atom. The lowest BCUT2D eigenvalue weighted by Crippen LogP contribution is -2.39. The molecule has 2 rings (SSSR count). The second-order valence-electron chi connectivity index (χ2n) is 5.47. The Kier molecular flexibility index (Phi) is 7.31. The summed E-state index contributed by atoms with van der Waals surface area (Å²) in [5.74, 6) is 0.732. The summed E-state index contributed by atoms with van der Waals surface area (Å²) in [6, 6.07) is 3.47. The molecule has 0 fully saturated rings. The van der Waals surface area contributed by atoms with Crippen LogP contribution in [0.1, 0.15) is 25.2 Å². The van der Waals surface area contributed by atoms with E-state index in [1.165, 1.54) is 6.07 Å². The predicted octanol–water partition coefficient (Wildman–Crippen LogP) is 1.92. The van der Waals surface area contributed by atoms with Gasteiger partial charge in [-0.25, -0.2) is 8.78 Å². The molecule has 1 aromatic heterocycles. The molecule has 6 nitrogen and oxygen atoms in total. The van der Waals surface area contributed by atoms with Crippen LogP contribution in [0.2, 0.25) is 0 Å². The minimum atomic E-state index is -0.439. The highest BCUT2D eigenvalue weighted by Gasteiger charge is 2.05. The van der Waals surface area contributed by atoms with Crippen molar-refractivity contribution in [3.8, 4) is 0 Å². The molecular formula is C17H24F2N6. The summed E-state index contributed by atoms with van der Waals surface area (Å²) >= 11 is 0. The van der Waals surface area contributed by atoms with E-state index in [1.807, 2.05) is 18.4 Å². The molecule has 0 atom stereocenters. The van der Waals surface area contributed by atoms with Gasteiger partial charge in [-0.1, -0.05) is 6.92 Å². The summed E-state index contributed by atoms with van der Waals surface area (Å²) in [7, 11) is 0. The number of nitrogens with one attached hydrogen (secondary N) is 2. The smallest absolute Gasteiger partial charge is 0.191 e. The predicted molar refractivity (Wildman–Crippen MR) is 93.4 cm³/mol. The summed E-state index contributed by atoms with van der Waals surface area (Å²) < 4.78 is 28.8. The van der Waals surface area contributed by atoms with E-state index >= 15 is 0 Å². The molecule has 0 bridgehead atoms. The summed E-state index contributed by atoms with van der Waals surface area (Å²) in [4.78, 5) is 4.41. The van der Waals surface area contributed by atoms with Crippen molar-refractivity contribution >= 4 is 5.96 Å². The molecule has 0 radical (unpaired) electrons. The van der Waals surface area contributed by atoms with E-state index < -0.39 is 11.6 Å². The Labute approximate surface area is 146 Å². The molecule has 25 heavy (non-hydrogen) atoms. The van der Waals surface area contributed by atoms with Crippen LogP contribution in [0.5, 0.6) is 0 Å². The van der Waals surface area contributed by atoms with E-state index in [-0.39, 0.29) is 0 Å². The Bertz CT molecular complexity index is 698. The number of aromatic nitrogens is 3. The van der Waals surface area contributed by atoms with Crippen molar-refractivity contribution in [3.05, 3.63) is 47.5 Å². The lowest BCUT2D eigenvalue weighted by molar-refractivity contribution is 0.584. The normalized spacial score (nSPS) is 11.6. The first-order valence-electron chi connectivity index (χ1n) is 8.46. The van der Waals surface area contributed by atoms with Gasteiger partial charge in [0.15, 0.2) is 5.96 Å². The van der Waals surface area contributed by atoms with Crippen molar-refractivity contribution in [1.82, 2.24) is 25.4 Å². The van der Waals surface area contributed by atoms with E-state index in [0.717, 1.165) is 30.9 Å². The third-order valence-electron chi connectivity index (χ3n) is 3.66. The van der Waals surface area contributed by atoms with Gasteiger partial charge in [-0.05, 0) is 37.1 Å². The lowest BCUT2D eigenvalue weighted by Gasteiger charge is -2.12. The van der Waals surface area contributed by atoms with Gasteiger partial charge in [-0.2, -0.15) is 0 Å². The Morgan fingerprint density at radius 1 is 1.24 bits per heavy atom. The molecule has 0 aliphatic carbocycles. The molecule has 2 aromatic rings. The largest absolute Gasteiger partial charge is 0.357 e. The molecule has 0 aliphatic heterocycles. The van der Waals surface area contributed by atoms with E-state index in [4.69, 9.17) is 0 Å². The third-order valence-corrected chi connectivity index (χ3v) is 3.66. The summed E-state index contributed by atoms with van der Waals surface area (Å²) in [6.07, 6.45) is 2.87. The maximum absolute atomic E-state index is 13.6. The fourth-order valence-corrected chi connectivity index (χ4v) is 2.40. The lowest BCUT2D eigenvalue weighted by atomic mass is 10.1. The number of aryl methyl sites for hydroxylation is 1. The molecule has 0 aliphatic rings. The molecule has 1 aromatic carbocycles. The maximum atomic E-state index is 13.6. The minimum Gasteiger partial charge on any atom is -0.357 e. The number of benzene rings is 1. The first-order valence-corrected chi connectivity index (χ1v) is 8.46. The molecule has 0 amide bonds. The number of guanidine groups is 1. The zero-order valence-corrected chi connectivity index (χ0v) is 14.6. The number of rotatable bonds is 8. The van der Waals surface area contributed by atoms with Crippen LogP contribution in [-0.4, -0.2) is 40.4 Å². The van der Waals surface area contributed by atoms with Crippen LogP contribution in [0, 0.1) is 11.6 Å². The molecular weight excluding hydrogens is 326 g/mol. The van der Waals surface area contributed by atoms with Gasteiger partial charge in [0.1, 0.15) is 23.8 Å². The van der Waals surface area contributed by atoms with Crippen molar-refractivity contribution in [3.63, 3.8) is 0 Å². The first kappa shape index (κ1) is 18.8. The van der Waals surface area contributed by atoms with E-state index in [1.54, 1.807) is 6.33 Å². The fraction of sp³-hybridized carbons (Fsp3) is 0.471. The van der Waals surface area contributed by atoms with Crippen LogP contribution >= 0.6 is 0 Å². The van der Waals surface area contributed by atoms with E-state index in [0.29, 0.717) is 37.6 Å². The van der Waals surface area contributed by atoms with Gasteiger partial charge >= 0.3 is 0 Å². The highest BCUT2D eigenvalue weighted by Crippen LogP contribution is 2.10. The number of hydrogen-bond donors (Lipinski definition) is 2. The summed E-state index contributed by atoms with van der Waals surface area (Å²) in [6.45, 7) is 6.46. The van der Waals surface area contributed by atoms with Crippen LogP contribution < -0.4 is 10.6 Å². The molecule has 136 valence electrons. The highest BCUT2D eigenvalue weighted by atomic mass is 19.1. The Hall–Kier alpha value is -2.51. The molecule has 2 N–H and O–H groups in total. The SMILES string of the molecule is CCNC(=NCCc1cc(F)ccc1F)NCCn1cnnc1CC. The van der Waals surface area contributed by atoms with Gasteiger partial charge < -0.3 is 15.2 Å². The first-order chi connectivity index (χ1) is 12.1. The van der Waals surface area contributed by atoms with Gasteiger partial charge in [-0.15, -0.1) is 10.2 Å². The zero-order valence-electron chi connectivity index (χ0n) is 14.6.